The van der Waals surface area contributed by atoms with Crippen LogP contribution in [0.1, 0.15) is 35.0 Å². The predicted molar refractivity (Wildman–Crippen MR) is 109 cm³/mol. The topological polar surface area (TPSA) is 73.9 Å². The van der Waals surface area contributed by atoms with Gasteiger partial charge in [-0.2, -0.15) is 0 Å². The number of carbonyl (C=O) groups is 1. The number of rotatable bonds is 2. The molecule has 1 saturated heterocycles. The molecule has 1 aromatic carbocycles. The van der Waals surface area contributed by atoms with Gasteiger partial charge in [-0.25, -0.2) is 9.97 Å². The second-order valence-electron chi connectivity index (χ2n) is 8.26. The number of hydrogen-bond acceptors (Lipinski definition) is 4. The van der Waals surface area contributed by atoms with Crippen LogP contribution in [0.2, 0.25) is 0 Å². The lowest BCUT2D eigenvalue weighted by Crippen LogP contribution is -2.50. The number of hydrogen-bond donors (Lipinski definition) is 2. The third-order valence-corrected chi connectivity index (χ3v) is 6.31. The summed E-state index contributed by atoms with van der Waals surface area (Å²) in [5, 5.41) is 4.39. The lowest BCUT2D eigenvalue weighted by Gasteiger charge is -2.45. The molecular weight excluding hydrogens is 350 g/mol. The summed E-state index contributed by atoms with van der Waals surface area (Å²) in [5.41, 5.74) is 4.84. The number of likely N-dealkylation sites (N-methyl/N-ethyl adjacent to an activating group) is 1. The van der Waals surface area contributed by atoms with Crippen molar-refractivity contribution in [3.8, 4) is 0 Å². The van der Waals surface area contributed by atoms with E-state index >= 15 is 0 Å². The Morgan fingerprint density at radius 2 is 2.14 bits per heavy atom. The van der Waals surface area contributed by atoms with Crippen molar-refractivity contribution in [3.05, 3.63) is 53.1 Å². The molecule has 6 heteroatoms. The molecule has 2 aliphatic rings. The Bertz CT molecular complexity index is 1050. The Balaban J connectivity index is 1.43. The minimum absolute atomic E-state index is 0.0508. The van der Waals surface area contributed by atoms with Crippen LogP contribution in [0.5, 0.6) is 0 Å². The first kappa shape index (κ1) is 17.4. The first-order valence-electron chi connectivity index (χ1n) is 9.92. The normalized spacial score (nSPS) is 24.2. The Labute approximate surface area is 164 Å². The van der Waals surface area contributed by atoms with Crippen LogP contribution < -0.4 is 5.32 Å². The molecule has 28 heavy (non-hydrogen) atoms. The van der Waals surface area contributed by atoms with E-state index in [1.807, 2.05) is 19.9 Å². The van der Waals surface area contributed by atoms with Crippen LogP contribution in [0.3, 0.4) is 0 Å². The third-order valence-electron chi connectivity index (χ3n) is 6.31. The largest absolute Gasteiger partial charge is 0.361 e. The molecule has 1 fully saturated rings. The SMILES string of the molecule is Cc1cc(NC(=O)[C@H]2CC3c4cccc5[nH]cc(c45)C[C@H]3N(C)C2)nc(C)n1. The summed E-state index contributed by atoms with van der Waals surface area (Å²) < 4.78 is 0. The summed E-state index contributed by atoms with van der Waals surface area (Å²) in [6.07, 6.45) is 4.06. The summed E-state index contributed by atoms with van der Waals surface area (Å²) in [6, 6.07) is 8.77. The fourth-order valence-electron chi connectivity index (χ4n) is 5.14. The summed E-state index contributed by atoms with van der Waals surface area (Å²) in [5.74, 6) is 1.64. The van der Waals surface area contributed by atoms with Crippen molar-refractivity contribution in [2.45, 2.75) is 38.6 Å². The van der Waals surface area contributed by atoms with Crippen molar-refractivity contribution in [2.75, 3.05) is 18.9 Å². The predicted octanol–water partition coefficient (Wildman–Crippen LogP) is 3.17. The molecule has 1 aliphatic carbocycles. The zero-order valence-corrected chi connectivity index (χ0v) is 16.5. The highest BCUT2D eigenvalue weighted by Gasteiger charge is 2.41. The molecule has 0 bridgehead atoms. The maximum atomic E-state index is 13.0. The van der Waals surface area contributed by atoms with Crippen LogP contribution in [-0.4, -0.2) is 45.4 Å². The fourth-order valence-corrected chi connectivity index (χ4v) is 5.14. The van der Waals surface area contributed by atoms with E-state index in [2.05, 4.69) is 56.6 Å². The van der Waals surface area contributed by atoms with Gasteiger partial charge in [-0.05, 0) is 50.9 Å². The van der Waals surface area contributed by atoms with Gasteiger partial charge in [-0.3, -0.25) is 4.79 Å². The number of aryl methyl sites for hydroxylation is 2. The molecule has 1 aliphatic heterocycles. The number of aromatic amines is 1. The first-order valence-corrected chi connectivity index (χ1v) is 9.92. The number of nitrogens with zero attached hydrogens (tertiary/aromatic N) is 3. The van der Waals surface area contributed by atoms with Gasteiger partial charge < -0.3 is 15.2 Å². The molecule has 144 valence electrons. The number of anilines is 1. The molecule has 3 atom stereocenters. The lowest BCUT2D eigenvalue weighted by molar-refractivity contribution is -0.122. The van der Waals surface area contributed by atoms with Crippen molar-refractivity contribution in [3.63, 3.8) is 0 Å². The number of fused-ring (bicyclic) bond motifs is 2. The average Bonchev–Trinajstić information content (AvgIpc) is 3.06. The minimum Gasteiger partial charge on any atom is -0.361 e. The molecule has 3 heterocycles. The zero-order chi connectivity index (χ0) is 19.4. The second-order valence-corrected chi connectivity index (χ2v) is 8.26. The highest BCUT2D eigenvalue weighted by molar-refractivity contribution is 5.92. The molecule has 1 unspecified atom stereocenters. The van der Waals surface area contributed by atoms with Crippen LogP contribution in [0, 0.1) is 19.8 Å². The first-order chi connectivity index (χ1) is 13.5. The van der Waals surface area contributed by atoms with Gasteiger partial charge in [0.05, 0.1) is 5.92 Å². The molecule has 2 aromatic heterocycles. The Kier molecular flexibility index (Phi) is 3.98. The molecule has 6 nitrogen and oxygen atoms in total. The number of likely N-dealkylation sites (tertiary alicyclic amines) is 1. The smallest absolute Gasteiger partial charge is 0.229 e. The number of amides is 1. The van der Waals surface area contributed by atoms with Crippen molar-refractivity contribution < 1.29 is 4.79 Å². The Morgan fingerprint density at radius 1 is 1.29 bits per heavy atom. The summed E-state index contributed by atoms with van der Waals surface area (Å²) in [4.78, 5) is 27.5. The lowest BCUT2D eigenvalue weighted by atomic mass is 9.72. The van der Waals surface area contributed by atoms with Crippen molar-refractivity contribution in [1.29, 1.82) is 0 Å². The zero-order valence-electron chi connectivity index (χ0n) is 16.5. The third kappa shape index (κ3) is 2.79. The number of H-pyrrole nitrogens is 1. The minimum atomic E-state index is -0.0578. The molecule has 0 radical (unpaired) electrons. The highest BCUT2D eigenvalue weighted by atomic mass is 16.2. The molecular formula is C22H25N5O. The Hall–Kier alpha value is -2.73. The monoisotopic (exact) mass is 375 g/mol. The van der Waals surface area contributed by atoms with Crippen molar-refractivity contribution >= 4 is 22.6 Å². The summed E-state index contributed by atoms with van der Waals surface area (Å²) in [7, 11) is 2.15. The van der Waals surface area contributed by atoms with Crippen LogP contribution in [0.15, 0.2) is 30.5 Å². The van der Waals surface area contributed by atoms with Gasteiger partial charge in [0.25, 0.3) is 0 Å². The Morgan fingerprint density at radius 3 is 2.96 bits per heavy atom. The molecule has 0 spiro atoms. The molecule has 1 amide bonds. The fraction of sp³-hybridized carbons (Fsp3) is 0.409. The number of nitrogens with one attached hydrogen (secondary N) is 2. The van der Waals surface area contributed by atoms with Gasteiger partial charge in [0.1, 0.15) is 11.6 Å². The van der Waals surface area contributed by atoms with Gasteiger partial charge in [-0.1, -0.05) is 12.1 Å². The van der Waals surface area contributed by atoms with Gasteiger partial charge in [0.15, 0.2) is 0 Å². The van der Waals surface area contributed by atoms with Crippen LogP contribution in [0.25, 0.3) is 10.9 Å². The summed E-state index contributed by atoms with van der Waals surface area (Å²) >= 11 is 0. The van der Waals surface area contributed by atoms with Gasteiger partial charge in [0.2, 0.25) is 5.91 Å². The maximum Gasteiger partial charge on any atom is 0.229 e. The second kappa shape index (κ2) is 6.41. The highest BCUT2D eigenvalue weighted by Crippen LogP contribution is 2.44. The van der Waals surface area contributed by atoms with Crippen molar-refractivity contribution in [1.82, 2.24) is 19.9 Å². The molecule has 3 aromatic rings. The number of benzene rings is 1. The quantitative estimate of drug-likeness (QED) is 0.721. The van der Waals surface area contributed by atoms with E-state index in [1.54, 1.807) is 0 Å². The molecule has 2 N–H and O–H groups in total. The number of piperidine rings is 1. The van der Waals surface area contributed by atoms with E-state index in [-0.39, 0.29) is 11.8 Å². The summed E-state index contributed by atoms with van der Waals surface area (Å²) in [6.45, 7) is 4.53. The van der Waals surface area contributed by atoms with E-state index in [0.717, 1.165) is 25.1 Å². The average molecular weight is 375 g/mol. The van der Waals surface area contributed by atoms with E-state index < -0.39 is 0 Å². The maximum absolute atomic E-state index is 13.0. The van der Waals surface area contributed by atoms with E-state index in [9.17, 15) is 4.79 Å². The number of carbonyl (C=O) groups excluding carboxylic acids is 1. The molecule has 5 rings (SSSR count). The van der Waals surface area contributed by atoms with Crippen LogP contribution in [0.4, 0.5) is 5.82 Å². The molecule has 0 saturated carbocycles. The van der Waals surface area contributed by atoms with Crippen LogP contribution in [-0.2, 0) is 11.2 Å². The standard InChI is InChI=1S/C22H25N5O/c1-12-7-20(25-13(2)24-12)26-22(28)15-8-17-16-5-4-6-18-21(16)14(10-23-18)9-19(17)27(3)11-15/h4-7,10,15,17,19,23H,8-9,11H2,1-3H3,(H,24,25,26,28)/t15-,17?,19+/m0/s1. The van der Waals surface area contributed by atoms with E-state index in [1.165, 1.54) is 22.0 Å². The van der Waals surface area contributed by atoms with E-state index in [4.69, 9.17) is 0 Å². The van der Waals surface area contributed by atoms with Crippen LogP contribution >= 0.6 is 0 Å². The van der Waals surface area contributed by atoms with Gasteiger partial charge in [-0.15, -0.1) is 0 Å². The van der Waals surface area contributed by atoms with Gasteiger partial charge in [0, 0.05) is 47.4 Å². The number of aromatic nitrogens is 3. The van der Waals surface area contributed by atoms with Gasteiger partial charge >= 0.3 is 0 Å². The van der Waals surface area contributed by atoms with Crippen molar-refractivity contribution in [2.24, 2.45) is 5.92 Å². The van der Waals surface area contributed by atoms with E-state index in [0.29, 0.717) is 23.6 Å².